The lowest BCUT2D eigenvalue weighted by Crippen LogP contribution is -2.48. The molecule has 0 saturated carbocycles. The molecule has 0 N–H and O–H groups in total. The maximum atomic E-state index is 13.2. The van der Waals surface area contributed by atoms with Crippen molar-refractivity contribution in [1.29, 1.82) is 0 Å². The number of benzene rings is 2. The summed E-state index contributed by atoms with van der Waals surface area (Å²) in [5.74, 6) is -0.330. The maximum absolute atomic E-state index is 13.2. The summed E-state index contributed by atoms with van der Waals surface area (Å²) in [4.78, 5) is 16.1. The predicted molar refractivity (Wildman–Crippen MR) is 119 cm³/mol. The van der Waals surface area contributed by atoms with E-state index in [1.165, 1.54) is 0 Å². The van der Waals surface area contributed by atoms with Crippen molar-refractivity contribution in [3.63, 3.8) is 0 Å². The molecular weight excluding hydrogens is 474 g/mol. The normalized spacial score (nSPS) is 19.3. The second-order valence-electron chi connectivity index (χ2n) is 9.09. The van der Waals surface area contributed by atoms with Gasteiger partial charge in [-0.15, -0.1) is 0 Å². The van der Waals surface area contributed by atoms with Gasteiger partial charge in [-0.3, -0.25) is 4.79 Å². The Hall–Kier alpha value is -2.59. The molecule has 10 heteroatoms. The Kier molecular flexibility index (Phi) is 8.16. The molecule has 35 heavy (non-hydrogen) atoms. The minimum absolute atomic E-state index is 0.0558. The molecule has 0 spiro atoms. The summed E-state index contributed by atoms with van der Waals surface area (Å²) in [5, 5.41) is 0. The van der Waals surface area contributed by atoms with Gasteiger partial charge in [-0.05, 0) is 62.3 Å². The van der Waals surface area contributed by atoms with Gasteiger partial charge in [0.2, 0.25) is 5.91 Å². The summed E-state index contributed by atoms with van der Waals surface area (Å²) >= 11 is 0. The molecule has 0 aromatic heterocycles. The van der Waals surface area contributed by atoms with Crippen LogP contribution in [0.15, 0.2) is 42.5 Å². The zero-order valence-electron chi connectivity index (χ0n) is 19.7. The van der Waals surface area contributed by atoms with Gasteiger partial charge < -0.3 is 14.5 Å². The van der Waals surface area contributed by atoms with Crippen LogP contribution in [-0.2, 0) is 28.5 Å². The van der Waals surface area contributed by atoms with Gasteiger partial charge in [-0.2, -0.15) is 26.3 Å². The number of nitrogens with zero attached hydrogens (tertiary/aromatic N) is 2. The average Bonchev–Trinajstić information content (AvgIpc) is 2.76. The first-order valence-corrected chi connectivity index (χ1v) is 11.1. The molecule has 2 aromatic carbocycles. The molecule has 1 aliphatic rings. The quantitative estimate of drug-likeness (QED) is 0.490. The number of ether oxygens (including phenoxy) is 1. The largest absolute Gasteiger partial charge is 0.416 e. The van der Waals surface area contributed by atoms with Crippen molar-refractivity contribution in [2.45, 2.75) is 44.3 Å². The van der Waals surface area contributed by atoms with Gasteiger partial charge in [0.05, 0.1) is 30.4 Å². The number of hydrogen-bond acceptors (Lipinski definition) is 3. The maximum Gasteiger partial charge on any atom is 0.416 e. The van der Waals surface area contributed by atoms with Crippen LogP contribution >= 0.6 is 0 Å². The van der Waals surface area contributed by atoms with E-state index in [2.05, 4.69) is 0 Å². The first kappa shape index (κ1) is 27.0. The number of halogens is 6. The summed E-state index contributed by atoms with van der Waals surface area (Å²) in [5.41, 5.74) is -1.05. The van der Waals surface area contributed by atoms with Gasteiger partial charge in [-0.1, -0.05) is 24.3 Å². The van der Waals surface area contributed by atoms with Crippen LogP contribution in [0.5, 0.6) is 0 Å². The number of amides is 1. The van der Waals surface area contributed by atoms with Gasteiger partial charge in [0, 0.05) is 19.0 Å². The zero-order chi connectivity index (χ0) is 26.0. The summed E-state index contributed by atoms with van der Waals surface area (Å²) < 4.78 is 85.3. The number of aryl methyl sites for hydroxylation is 1. The second-order valence-corrected chi connectivity index (χ2v) is 9.09. The van der Waals surface area contributed by atoms with E-state index in [1.807, 2.05) is 31.2 Å². The number of likely N-dealkylation sites (N-methyl/N-ethyl adjacent to an activating group) is 1. The molecule has 1 fully saturated rings. The summed E-state index contributed by atoms with van der Waals surface area (Å²) in [6, 6.07) is 9.02. The third kappa shape index (κ3) is 6.98. The van der Waals surface area contributed by atoms with Gasteiger partial charge in [0.15, 0.2) is 0 Å². The van der Waals surface area contributed by atoms with Crippen LogP contribution in [0.2, 0.25) is 0 Å². The number of hydrogen-bond donors (Lipinski definition) is 0. The first-order valence-electron chi connectivity index (χ1n) is 11.1. The van der Waals surface area contributed by atoms with Crippen LogP contribution in [0.25, 0.3) is 0 Å². The van der Waals surface area contributed by atoms with Gasteiger partial charge in [0.1, 0.15) is 0 Å². The smallest absolute Gasteiger partial charge is 0.373 e. The highest BCUT2D eigenvalue weighted by Gasteiger charge is 2.38. The number of rotatable bonds is 6. The predicted octanol–water partition coefficient (Wildman–Crippen LogP) is 5.50. The number of alkyl halides is 6. The number of carbonyl (C=O) groups is 1. The molecule has 3 rings (SSSR count). The molecule has 0 unspecified atom stereocenters. The van der Waals surface area contributed by atoms with E-state index in [0.717, 1.165) is 11.1 Å². The summed E-state index contributed by atoms with van der Waals surface area (Å²) in [7, 11) is 3.58. The molecule has 192 valence electrons. The minimum Gasteiger partial charge on any atom is -0.373 e. The number of piperidine rings is 1. The SMILES string of the molecule is Cc1ccccc1[C@@H]1CN(C(=O)CN(C)C)CC[C@@H]1OCc1cc(C(F)(F)F)cc(C(F)(F)F)c1. The topological polar surface area (TPSA) is 32.8 Å². The van der Waals surface area contributed by atoms with Gasteiger partial charge in [0.25, 0.3) is 0 Å². The lowest BCUT2D eigenvalue weighted by molar-refractivity contribution is -0.143. The van der Waals surface area contributed by atoms with Crippen molar-refractivity contribution in [2.75, 3.05) is 33.7 Å². The van der Waals surface area contributed by atoms with E-state index < -0.39 is 36.2 Å². The monoisotopic (exact) mass is 502 g/mol. The Labute approximate surface area is 200 Å². The van der Waals surface area contributed by atoms with Gasteiger partial charge >= 0.3 is 12.4 Å². The molecule has 2 aromatic rings. The van der Waals surface area contributed by atoms with Crippen molar-refractivity contribution in [3.05, 3.63) is 70.3 Å². The third-order valence-electron chi connectivity index (χ3n) is 6.05. The Bertz CT molecular complexity index is 1000. The summed E-state index contributed by atoms with van der Waals surface area (Å²) in [6.45, 7) is 2.46. The van der Waals surface area contributed by atoms with Crippen molar-refractivity contribution in [2.24, 2.45) is 0 Å². The van der Waals surface area contributed by atoms with Crippen LogP contribution in [-0.4, -0.2) is 55.5 Å². The lowest BCUT2D eigenvalue weighted by Gasteiger charge is -2.39. The number of carbonyl (C=O) groups excluding carboxylic acids is 1. The second kappa shape index (κ2) is 10.6. The highest BCUT2D eigenvalue weighted by molar-refractivity contribution is 5.78. The van der Waals surface area contributed by atoms with E-state index in [-0.39, 0.29) is 30.0 Å². The van der Waals surface area contributed by atoms with E-state index >= 15 is 0 Å². The fourth-order valence-corrected chi connectivity index (χ4v) is 4.33. The van der Waals surface area contributed by atoms with Crippen LogP contribution in [0.3, 0.4) is 0 Å². The molecule has 0 bridgehead atoms. The van der Waals surface area contributed by atoms with E-state index in [0.29, 0.717) is 31.6 Å². The van der Waals surface area contributed by atoms with Crippen molar-refractivity contribution in [3.8, 4) is 0 Å². The molecule has 0 aliphatic carbocycles. The molecule has 2 atom stereocenters. The molecular formula is C25H28F6N2O2. The summed E-state index contributed by atoms with van der Waals surface area (Å²) in [6.07, 6.45) is -9.91. The first-order chi connectivity index (χ1) is 16.3. The minimum atomic E-state index is -4.92. The Morgan fingerprint density at radius 3 is 2.17 bits per heavy atom. The molecule has 0 radical (unpaired) electrons. The van der Waals surface area contributed by atoms with Crippen LogP contribution in [0.1, 0.15) is 40.2 Å². The molecule has 1 aliphatic heterocycles. The van der Waals surface area contributed by atoms with Crippen LogP contribution in [0, 0.1) is 6.92 Å². The molecule has 4 nitrogen and oxygen atoms in total. The molecule has 1 heterocycles. The third-order valence-corrected chi connectivity index (χ3v) is 6.05. The standard InChI is InChI=1S/C25H28F6N2O2/c1-16-6-4-5-7-20(16)21-13-33(23(34)14-32(2)3)9-8-22(21)35-15-17-10-18(24(26,27)28)12-19(11-17)25(29,30)31/h4-7,10-12,21-22H,8-9,13-15H2,1-3H3/t21-,22-/m0/s1. The lowest BCUT2D eigenvalue weighted by atomic mass is 9.85. The Balaban J connectivity index is 1.86. The van der Waals surface area contributed by atoms with Crippen molar-refractivity contribution < 1.29 is 35.9 Å². The van der Waals surface area contributed by atoms with Crippen molar-refractivity contribution in [1.82, 2.24) is 9.80 Å². The highest BCUT2D eigenvalue weighted by Crippen LogP contribution is 2.37. The Morgan fingerprint density at radius 1 is 1.03 bits per heavy atom. The van der Waals surface area contributed by atoms with E-state index in [1.54, 1.807) is 23.9 Å². The molecule has 1 saturated heterocycles. The van der Waals surface area contributed by atoms with Crippen LogP contribution in [0.4, 0.5) is 26.3 Å². The number of likely N-dealkylation sites (tertiary alicyclic amines) is 1. The fourth-order valence-electron chi connectivity index (χ4n) is 4.33. The fraction of sp³-hybridized carbons (Fsp3) is 0.480. The zero-order valence-corrected chi connectivity index (χ0v) is 19.7. The average molecular weight is 502 g/mol. The van der Waals surface area contributed by atoms with E-state index in [4.69, 9.17) is 4.74 Å². The highest BCUT2D eigenvalue weighted by atomic mass is 19.4. The van der Waals surface area contributed by atoms with Crippen LogP contribution < -0.4 is 0 Å². The Morgan fingerprint density at radius 2 is 1.63 bits per heavy atom. The van der Waals surface area contributed by atoms with E-state index in [9.17, 15) is 31.1 Å². The van der Waals surface area contributed by atoms with Crippen molar-refractivity contribution >= 4 is 5.91 Å². The van der Waals surface area contributed by atoms with Gasteiger partial charge in [-0.25, -0.2) is 0 Å². The molecule has 1 amide bonds.